The Labute approximate surface area is 120 Å². The third-order valence-corrected chi connectivity index (χ3v) is 4.24. The van der Waals surface area contributed by atoms with Crippen LogP contribution >= 0.6 is 34.5 Å². The summed E-state index contributed by atoms with van der Waals surface area (Å²) in [6.07, 6.45) is 0. The molecule has 0 aliphatic carbocycles. The highest BCUT2D eigenvalue weighted by Gasteiger charge is 2.10. The lowest BCUT2D eigenvalue weighted by Crippen LogP contribution is -2.17. The van der Waals surface area contributed by atoms with E-state index in [4.69, 9.17) is 23.2 Å². The third kappa shape index (κ3) is 3.18. The summed E-state index contributed by atoms with van der Waals surface area (Å²) in [6, 6.07) is 7.57. The topological polar surface area (TPSA) is 32.3 Å². The summed E-state index contributed by atoms with van der Waals surface area (Å²) in [7, 11) is 0. The number of halogens is 2. The minimum atomic E-state index is 0.0898. The Morgan fingerprint density at radius 1 is 1.39 bits per heavy atom. The number of benzene rings is 1. The quantitative estimate of drug-likeness (QED) is 0.864. The Bertz CT molecular complexity index is 528. The highest BCUT2D eigenvalue weighted by molar-refractivity contribution is 7.10. The third-order valence-electron chi connectivity index (χ3n) is 2.68. The minimum absolute atomic E-state index is 0.0898. The van der Waals surface area contributed by atoms with E-state index in [-0.39, 0.29) is 16.8 Å². The van der Waals surface area contributed by atoms with Crippen LogP contribution in [0.3, 0.4) is 0 Å². The second-order valence-corrected chi connectivity index (χ2v) is 5.84. The van der Waals surface area contributed by atoms with Gasteiger partial charge in [-0.1, -0.05) is 29.3 Å². The van der Waals surface area contributed by atoms with Crippen LogP contribution in [0.4, 0.5) is 0 Å². The SMILES string of the molecule is C[C@@H](NCc1cc(Cl)cc(Cl)c1O)c1cccs1. The van der Waals surface area contributed by atoms with Gasteiger partial charge in [0, 0.05) is 28.0 Å². The molecule has 0 saturated heterocycles. The second kappa shape index (κ2) is 5.93. The van der Waals surface area contributed by atoms with Crippen LogP contribution in [0.1, 0.15) is 23.4 Å². The van der Waals surface area contributed by atoms with Gasteiger partial charge in [-0.2, -0.15) is 0 Å². The fourth-order valence-corrected chi connectivity index (χ4v) is 2.95. The Hall–Kier alpha value is -0.740. The van der Waals surface area contributed by atoms with Gasteiger partial charge in [0.1, 0.15) is 5.75 Å². The number of hydrogen-bond donors (Lipinski definition) is 2. The molecule has 0 amide bonds. The van der Waals surface area contributed by atoms with Crippen molar-refractivity contribution in [3.8, 4) is 5.75 Å². The van der Waals surface area contributed by atoms with Crippen LogP contribution in [-0.4, -0.2) is 5.11 Å². The normalized spacial score (nSPS) is 12.6. The van der Waals surface area contributed by atoms with Gasteiger partial charge in [0.05, 0.1) is 5.02 Å². The number of hydrogen-bond acceptors (Lipinski definition) is 3. The molecule has 1 aromatic carbocycles. The molecule has 0 fully saturated rings. The van der Waals surface area contributed by atoms with E-state index < -0.39 is 0 Å². The van der Waals surface area contributed by atoms with Crippen molar-refractivity contribution in [2.24, 2.45) is 0 Å². The first-order chi connectivity index (χ1) is 8.58. The summed E-state index contributed by atoms with van der Waals surface area (Å²) >= 11 is 13.5. The monoisotopic (exact) mass is 301 g/mol. The van der Waals surface area contributed by atoms with Crippen LogP contribution in [0.15, 0.2) is 29.6 Å². The van der Waals surface area contributed by atoms with Gasteiger partial charge in [-0.25, -0.2) is 0 Å². The lowest BCUT2D eigenvalue weighted by Gasteiger charge is -2.13. The first-order valence-electron chi connectivity index (χ1n) is 5.51. The van der Waals surface area contributed by atoms with Crippen molar-refractivity contribution >= 4 is 34.5 Å². The molecule has 1 heterocycles. The molecule has 2 nitrogen and oxygen atoms in total. The van der Waals surface area contributed by atoms with E-state index in [9.17, 15) is 5.11 Å². The van der Waals surface area contributed by atoms with Gasteiger partial charge in [-0.3, -0.25) is 0 Å². The molecule has 0 radical (unpaired) electrons. The van der Waals surface area contributed by atoms with Crippen LogP contribution in [-0.2, 0) is 6.54 Å². The predicted octanol–water partition coefficient (Wildman–Crippen LogP) is 4.61. The zero-order chi connectivity index (χ0) is 13.1. The van der Waals surface area contributed by atoms with Gasteiger partial charge < -0.3 is 10.4 Å². The minimum Gasteiger partial charge on any atom is -0.506 e. The average molecular weight is 302 g/mol. The van der Waals surface area contributed by atoms with E-state index in [0.717, 1.165) is 0 Å². The zero-order valence-electron chi connectivity index (χ0n) is 9.78. The molecule has 2 aromatic rings. The number of thiophene rings is 1. The Balaban J connectivity index is 2.06. The zero-order valence-corrected chi connectivity index (χ0v) is 12.1. The molecule has 96 valence electrons. The van der Waals surface area contributed by atoms with Gasteiger partial charge in [0.2, 0.25) is 0 Å². The summed E-state index contributed by atoms with van der Waals surface area (Å²) in [5, 5.41) is 16.0. The van der Waals surface area contributed by atoms with Gasteiger partial charge in [-0.05, 0) is 30.5 Å². The number of aromatic hydroxyl groups is 1. The van der Waals surface area contributed by atoms with Crippen molar-refractivity contribution < 1.29 is 5.11 Å². The van der Waals surface area contributed by atoms with Crippen LogP contribution in [0, 0.1) is 0 Å². The first kappa shape index (κ1) is 13.7. The fraction of sp³-hybridized carbons (Fsp3) is 0.231. The van der Waals surface area contributed by atoms with E-state index >= 15 is 0 Å². The summed E-state index contributed by atoms with van der Waals surface area (Å²) < 4.78 is 0. The molecule has 18 heavy (non-hydrogen) atoms. The molecular weight excluding hydrogens is 289 g/mol. The Morgan fingerprint density at radius 3 is 2.83 bits per heavy atom. The van der Waals surface area contributed by atoms with Crippen LogP contribution in [0.5, 0.6) is 5.75 Å². The van der Waals surface area contributed by atoms with Crippen molar-refractivity contribution in [1.29, 1.82) is 0 Å². The number of rotatable bonds is 4. The fourth-order valence-electron chi connectivity index (χ4n) is 1.66. The van der Waals surface area contributed by atoms with Gasteiger partial charge >= 0.3 is 0 Å². The molecule has 2 N–H and O–H groups in total. The molecule has 1 atom stereocenters. The molecule has 0 aliphatic heterocycles. The van der Waals surface area contributed by atoms with Crippen LogP contribution in [0.25, 0.3) is 0 Å². The van der Waals surface area contributed by atoms with Crippen molar-refractivity contribution in [3.05, 3.63) is 50.1 Å². The lowest BCUT2D eigenvalue weighted by molar-refractivity contribution is 0.461. The molecule has 0 unspecified atom stereocenters. The van der Waals surface area contributed by atoms with Crippen molar-refractivity contribution in [3.63, 3.8) is 0 Å². The highest BCUT2D eigenvalue weighted by atomic mass is 35.5. The van der Waals surface area contributed by atoms with Gasteiger partial charge in [0.15, 0.2) is 0 Å². The molecule has 0 saturated carbocycles. The molecule has 1 aromatic heterocycles. The maximum Gasteiger partial charge on any atom is 0.138 e. The molecule has 0 aliphatic rings. The predicted molar refractivity (Wildman–Crippen MR) is 77.7 cm³/mol. The summed E-state index contributed by atoms with van der Waals surface area (Å²) in [5.41, 5.74) is 0.705. The van der Waals surface area contributed by atoms with E-state index in [1.54, 1.807) is 17.4 Å². The molecular formula is C13H13Cl2NOS. The molecule has 5 heteroatoms. The van der Waals surface area contributed by atoms with Crippen LogP contribution in [0.2, 0.25) is 10.0 Å². The lowest BCUT2D eigenvalue weighted by atomic mass is 10.2. The van der Waals surface area contributed by atoms with E-state index in [2.05, 4.69) is 18.3 Å². The second-order valence-electron chi connectivity index (χ2n) is 4.01. The van der Waals surface area contributed by atoms with Crippen LogP contribution < -0.4 is 5.32 Å². The number of phenols is 1. The molecule has 0 bridgehead atoms. The van der Waals surface area contributed by atoms with Crippen molar-refractivity contribution in [1.82, 2.24) is 5.32 Å². The maximum atomic E-state index is 9.84. The Morgan fingerprint density at radius 2 is 2.17 bits per heavy atom. The van der Waals surface area contributed by atoms with E-state index in [1.807, 2.05) is 11.4 Å². The maximum absolute atomic E-state index is 9.84. The van der Waals surface area contributed by atoms with E-state index in [0.29, 0.717) is 17.1 Å². The summed E-state index contributed by atoms with van der Waals surface area (Å²) in [5.74, 6) is 0.0898. The number of nitrogens with one attached hydrogen (secondary N) is 1. The van der Waals surface area contributed by atoms with Crippen molar-refractivity contribution in [2.75, 3.05) is 0 Å². The summed E-state index contributed by atoms with van der Waals surface area (Å²) in [6.45, 7) is 2.60. The Kier molecular flexibility index (Phi) is 4.51. The highest BCUT2D eigenvalue weighted by Crippen LogP contribution is 2.31. The largest absolute Gasteiger partial charge is 0.506 e. The average Bonchev–Trinajstić information content (AvgIpc) is 2.85. The molecule has 0 spiro atoms. The van der Waals surface area contributed by atoms with Crippen molar-refractivity contribution in [2.45, 2.75) is 19.5 Å². The van der Waals surface area contributed by atoms with E-state index in [1.165, 1.54) is 10.9 Å². The standard InChI is InChI=1S/C13H13Cl2NOS/c1-8(12-3-2-4-18-12)16-7-9-5-10(14)6-11(15)13(9)17/h2-6,8,16-17H,7H2,1H3/t8-/m1/s1. The summed E-state index contributed by atoms with van der Waals surface area (Å²) in [4.78, 5) is 1.25. The number of phenolic OH excluding ortho intramolecular Hbond substituents is 1. The smallest absolute Gasteiger partial charge is 0.138 e. The first-order valence-corrected chi connectivity index (χ1v) is 7.15. The van der Waals surface area contributed by atoms with Gasteiger partial charge in [0.25, 0.3) is 0 Å². The van der Waals surface area contributed by atoms with Gasteiger partial charge in [-0.15, -0.1) is 11.3 Å². The molecule has 2 rings (SSSR count).